The van der Waals surface area contributed by atoms with Crippen LogP contribution in [0.25, 0.3) is 16.6 Å². The molecule has 1 aromatic carbocycles. The van der Waals surface area contributed by atoms with Gasteiger partial charge in [0.25, 0.3) is 11.5 Å². The number of fused-ring (bicyclic) bond motifs is 2. The van der Waals surface area contributed by atoms with Crippen LogP contribution in [0.1, 0.15) is 77.9 Å². The molecule has 1 atom stereocenters. The summed E-state index contributed by atoms with van der Waals surface area (Å²) in [5, 5.41) is 13.7. The van der Waals surface area contributed by atoms with Crippen molar-refractivity contribution in [3.8, 4) is 11.5 Å². The average Bonchev–Trinajstić information content (AvgIpc) is 3.04. The van der Waals surface area contributed by atoms with E-state index in [4.69, 9.17) is 4.74 Å². The Hall–Kier alpha value is -4.89. The van der Waals surface area contributed by atoms with Gasteiger partial charge in [0.2, 0.25) is 0 Å². The van der Waals surface area contributed by atoms with Gasteiger partial charge in [-0.05, 0) is 92.5 Å². The molecule has 0 bridgehead atoms. The number of hydrogen-bond donors (Lipinski definition) is 2. The number of nitrogens with one attached hydrogen (secondary N) is 1. The summed E-state index contributed by atoms with van der Waals surface area (Å²) in [6.45, 7) is 4.02. The molecular weight excluding hydrogens is 568 g/mol. The molecule has 3 heterocycles. The van der Waals surface area contributed by atoms with E-state index in [1.54, 1.807) is 24.4 Å². The summed E-state index contributed by atoms with van der Waals surface area (Å²) in [6.07, 6.45) is 13.4. The number of pyridine rings is 3. The lowest BCUT2D eigenvalue weighted by atomic mass is 9.92. The lowest BCUT2D eigenvalue weighted by Gasteiger charge is -2.23. The topological polar surface area (TPSA) is 123 Å². The fraction of sp³-hybridized carbons (Fsp3) is 0.306. The molecule has 0 saturated carbocycles. The highest BCUT2D eigenvalue weighted by atomic mass is 16.5. The third kappa shape index (κ3) is 6.49. The normalized spacial score (nSPS) is 15.1. The zero-order valence-electron chi connectivity index (χ0n) is 25.5. The van der Waals surface area contributed by atoms with E-state index >= 15 is 0 Å². The van der Waals surface area contributed by atoms with E-state index in [1.165, 1.54) is 16.8 Å². The molecule has 2 aliphatic carbocycles. The van der Waals surface area contributed by atoms with Crippen LogP contribution in [-0.2, 0) is 12.8 Å². The molecule has 9 heteroatoms. The van der Waals surface area contributed by atoms with Crippen LogP contribution in [0.3, 0.4) is 0 Å². The second kappa shape index (κ2) is 13.0. The van der Waals surface area contributed by atoms with Crippen LogP contribution < -0.4 is 15.6 Å². The number of allylic oxidation sites excluding steroid dienone is 4. The van der Waals surface area contributed by atoms with E-state index in [9.17, 15) is 19.5 Å². The number of nitrogens with zero attached hydrogens (tertiary/aromatic N) is 3. The molecule has 2 N–H and O–H groups in total. The van der Waals surface area contributed by atoms with Crippen molar-refractivity contribution in [3.05, 3.63) is 106 Å². The highest BCUT2D eigenvalue weighted by Crippen LogP contribution is 2.30. The first-order valence-corrected chi connectivity index (χ1v) is 15.5. The van der Waals surface area contributed by atoms with Gasteiger partial charge in [-0.15, -0.1) is 0 Å². The first kappa shape index (κ1) is 30.1. The molecule has 4 aromatic rings. The average molecular weight is 605 g/mol. The Kier molecular flexibility index (Phi) is 8.71. The molecule has 0 spiro atoms. The number of aromatic nitrogens is 3. The Bertz CT molecular complexity index is 1890. The minimum Gasteiger partial charge on any atom is -0.455 e. The maximum absolute atomic E-state index is 13.6. The number of hydrogen-bond acceptors (Lipinski definition) is 7. The van der Waals surface area contributed by atoms with Crippen molar-refractivity contribution < 1.29 is 19.4 Å². The van der Waals surface area contributed by atoms with Gasteiger partial charge in [-0.1, -0.05) is 32.1 Å². The monoisotopic (exact) mass is 604 g/mol. The zero-order valence-corrected chi connectivity index (χ0v) is 25.5. The van der Waals surface area contributed by atoms with Crippen molar-refractivity contribution in [1.29, 1.82) is 0 Å². The highest BCUT2D eigenvalue weighted by molar-refractivity contribution is 6.06. The zero-order chi connectivity index (χ0) is 31.5. The van der Waals surface area contributed by atoms with Crippen LogP contribution >= 0.6 is 0 Å². The third-order valence-electron chi connectivity index (χ3n) is 8.37. The number of Topliss-reactive ketones (excluding diaryl/α,β-unsaturated/α-hetero) is 1. The number of anilines is 1. The van der Waals surface area contributed by atoms with E-state index in [0.29, 0.717) is 54.1 Å². The van der Waals surface area contributed by atoms with Gasteiger partial charge in [0, 0.05) is 35.0 Å². The van der Waals surface area contributed by atoms with Crippen LogP contribution in [-0.4, -0.2) is 37.4 Å². The number of carbonyl (C=O) groups is 2. The second-order valence-corrected chi connectivity index (χ2v) is 11.9. The Balaban J connectivity index is 1.19. The van der Waals surface area contributed by atoms with E-state index in [0.717, 1.165) is 35.7 Å². The number of rotatable bonds is 9. The molecule has 0 fully saturated rings. The summed E-state index contributed by atoms with van der Waals surface area (Å²) in [5.41, 5.74) is 3.10. The highest BCUT2D eigenvalue weighted by Gasteiger charge is 2.27. The fourth-order valence-corrected chi connectivity index (χ4v) is 5.78. The third-order valence-corrected chi connectivity index (χ3v) is 8.37. The Morgan fingerprint density at radius 3 is 2.69 bits per heavy atom. The van der Waals surface area contributed by atoms with Crippen molar-refractivity contribution in [2.75, 3.05) is 5.32 Å². The second-order valence-electron chi connectivity index (χ2n) is 11.9. The number of aliphatic hydroxyl groups is 1. The van der Waals surface area contributed by atoms with Gasteiger partial charge >= 0.3 is 0 Å². The predicted octanol–water partition coefficient (Wildman–Crippen LogP) is 6.50. The van der Waals surface area contributed by atoms with Crippen molar-refractivity contribution in [2.45, 2.75) is 64.9 Å². The van der Waals surface area contributed by atoms with Crippen LogP contribution in [0.4, 0.5) is 5.82 Å². The lowest BCUT2D eigenvalue weighted by molar-refractivity contribution is 0.0971. The summed E-state index contributed by atoms with van der Waals surface area (Å²) < 4.78 is 7.65. The number of ketones is 1. The van der Waals surface area contributed by atoms with Gasteiger partial charge in [-0.2, -0.15) is 0 Å². The SMILES string of the molecule is CC(C)C(O)CCc1ccc2c(Oc3ccc(NC(=O)c4cc5c(n(C6=CCCC=C6)c4=O)CCCC5=O)nc3)ccnc2c1. The number of amides is 1. The first-order valence-electron chi connectivity index (χ1n) is 15.5. The van der Waals surface area contributed by atoms with E-state index < -0.39 is 11.5 Å². The quantitative estimate of drug-likeness (QED) is 0.224. The number of carbonyl (C=O) groups excluding carboxylic acids is 2. The molecule has 0 aliphatic heterocycles. The summed E-state index contributed by atoms with van der Waals surface area (Å²) in [4.78, 5) is 48.6. The molecule has 6 rings (SSSR count). The number of aliphatic hydroxyl groups excluding tert-OH is 1. The fourth-order valence-electron chi connectivity index (χ4n) is 5.78. The molecular formula is C36H36N4O5. The van der Waals surface area contributed by atoms with Gasteiger partial charge in [0.15, 0.2) is 5.78 Å². The molecule has 45 heavy (non-hydrogen) atoms. The van der Waals surface area contributed by atoms with Crippen LogP contribution in [0.2, 0.25) is 0 Å². The molecule has 1 amide bonds. The van der Waals surface area contributed by atoms with Gasteiger partial charge in [0.05, 0.1) is 17.8 Å². The van der Waals surface area contributed by atoms with Crippen molar-refractivity contribution in [2.24, 2.45) is 5.92 Å². The van der Waals surface area contributed by atoms with Gasteiger partial charge < -0.3 is 15.2 Å². The molecule has 1 unspecified atom stereocenters. The van der Waals surface area contributed by atoms with E-state index in [2.05, 4.69) is 15.3 Å². The number of ether oxygens (including phenoxy) is 1. The maximum Gasteiger partial charge on any atom is 0.268 e. The summed E-state index contributed by atoms with van der Waals surface area (Å²) in [6, 6.07) is 12.5. The molecule has 9 nitrogen and oxygen atoms in total. The summed E-state index contributed by atoms with van der Waals surface area (Å²) in [5.74, 6) is 0.827. The van der Waals surface area contributed by atoms with Crippen LogP contribution in [0, 0.1) is 5.92 Å². The minimum absolute atomic E-state index is 0.0659. The van der Waals surface area contributed by atoms with Gasteiger partial charge in [-0.3, -0.25) is 23.9 Å². The maximum atomic E-state index is 13.6. The van der Waals surface area contributed by atoms with Crippen LogP contribution in [0.5, 0.6) is 11.5 Å². The number of benzene rings is 1. The largest absolute Gasteiger partial charge is 0.455 e. The van der Waals surface area contributed by atoms with Crippen molar-refractivity contribution in [1.82, 2.24) is 14.5 Å². The van der Waals surface area contributed by atoms with Crippen LogP contribution in [0.15, 0.2) is 77.9 Å². The van der Waals surface area contributed by atoms with Gasteiger partial charge in [-0.25, -0.2) is 4.98 Å². The number of aryl methyl sites for hydroxylation is 1. The Labute approximate surface area is 261 Å². The van der Waals surface area contributed by atoms with Gasteiger partial charge in [0.1, 0.15) is 22.9 Å². The lowest BCUT2D eigenvalue weighted by Crippen LogP contribution is -2.34. The molecule has 0 saturated heterocycles. The van der Waals surface area contributed by atoms with Crippen molar-refractivity contribution in [3.63, 3.8) is 0 Å². The van der Waals surface area contributed by atoms with E-state index in [1.807, 2.05) is 50.3 Å². The van der Waals surface area contributed by atoms with Crippen molar-refractivity contribution >= 4 is 34.1 Å². The molecule has 230 valence electrons. The summed E-state index contributed by atoms with van der Waals surface area (Å²) >= 11 is 0. The van der Waals surface area contributed by atoms with E-state index in [-0.39, 0.29) is 29.2 Å². The Morgan fingerprint density at radius 2 is 1.93 bits per heavy atom. The molecule has 3 aromatic heterocycles. The molecule has 2 aliphatic rings. The summed E-state index contributed by atoms with van der Waals surface area (Å²) in [7, 11) is 0. The predicted molar refractivity (Wildman–Crippen MR) is 174 cm³/mol. The standard InChI is InChI=1S/C36H36N4O5/c1-22(2)31(41)15-12-23-11-14-26-29(19-23)37-18-17-33(26)45-25-13-16-34(38-21-25)39-35(43)28-20-27-30(9-6-10-32(27)42)40(36(28)44)24-7-4-3-5-8-24/h4,7-8,11,13-14,16-22,31,41H,3,5-6,9-10,12,15H2,1-2H3,(H,38,39,43). The Morgan fingerprint density at radius 1 is 1.07 bits per heavy atom. The smallest absolute Gasteiger partial charge is 0.268 e. The minimum atomic E-state index is -0.631. The molecule has 0 radical (unpaired) electrons. The first-order chi connectivity index (χ1) is 21.8.